The zero-order chi connectivity index (χ0) is 18.1. The molecule has 0 aromatic carbocycles. The first-order valence-corrected chi connectivity index (χ1v) is 17.4. The normalized spacial score (nSPS) is 23.3. The molecule has 2 rings (SSSR count). The molecule has 0 amide bonds. The molecule has 2 saturated heterocycles. The second-order valence-electron chi connectivity index (χ2n) is 4.38. The first kappa shape index (κ1) is 23.5. The lowest BCUT2D eigenvalue weighted by Gasteiger charge is -2.34. The Morgan fingerprint density at radius 3 is 2.12 bits per heavy atom. The van der Waals surface area contributed by atoms with Crippen LogP contribution in [0.3, 0.4) is 0 Å². The molecule has 0 aromatic rings. The van der Waals surface area contributed by atoms with Crippen molar-refractivity contribution >= 4 is 119 Å². The third kappa shape index (κ3) is 10.5. The molecule has 0 unspecified atom stereocenters. The average Bonchev–Trinajstić information content (AvgIpc) is 2.51. The van der Waals surface area contributed by atoms with Crippen LogP contribution in [0.25, 0.3) is 0 Å². The van der Waals surface area contributed by atoms with E-state index in [1.165, 1.54) is 0 Å². The molecule has 123 valence electrons. The molecule has 0 bridgehead atoms. The highest BCUT2D eigenvalue weighted by Gasteiger charge is 2.24. The van der Waals surface area contributed by atoms with Crippen LogP contribution in [0.5, 0.6) is 0 Å². The average molecular weight is 526 g/mol. The predicted octanol–water partition coefficient (Wildman–Crippen LogP) is -7.97. The molecule has 2 aliphatic rings. The van der Waals surface area contributed by atoms with Crippen molar-refractivity contribution in [1.29, 1.82) is 0 Å². The van der Waals surface area contributed by atoms with E-state index >= 15 is 0 Å². The molecule has 0 saturated carbocycles. The van der Waals surface area contributed by atoms with Gasteiger partial charge in [0.05, 0.1) is 0 Å². The van der Waals surface area contributed by atoms with Gasteiger partial charge < -0.3 is 43.0 Å². The van der Waals surface area contributed by atoms with E-state index in [2.05, 4.69) is 63.2 Å². The van der Waals surface area contributed by atoms with Crippen LogP contribution >= 0.6 is 0 Å². The Kier molecular flexibility index (Phi) is 12.6. The summed E-state index contributed by atoms with van der Waals surface area (Å²) in [5.74, 6) is 0. The number of nitrogens with zero attached hydrogens (tertiary/aromatic N) is 6. The van der Waals surface area contributed by atoms with E-state index < -0.39 is 0 Å². The maximum absolute atomic E-state index is 3.65. The Morgan fingerprint density at radius 2 is 1.44 bits per heavy atom. The molecule has 0 aliphatic carbocycles. The number of nitrogens with one attached hydrogen (secondary N) is 4. The summed E-state index contributed by atoms with van der Waals surface area (Å²) in [5.41, 5.74) is 0. The van der Waals surface area contributed by atoms with Crippen LogP contribution in [-0.2, 0) is 0 Å². The predicted molar refractivity (Wildman–Crippen MR) is 110 cm³/mol. The molecule has 2 heterocycles. The van der Waals surface area contributed by atoms with Gasteiger partial charge in [-0.15, -0.1) is 0 Å². The summed E-state index contributed by atoms with van der Waals surface area (Å²) in [6, 6.07) is 0. The summed E-state index contributed by atoms with van der Waals surface area (Å²) in [4.78, 5) is 0. The summed E-state index contributed by atoms with van der Waals surface area (Å²) in [6.45, 7) is 0. The second kappa shape index (κ2) is 13.4. The van der Waals surface area contributed by atoms with Crippen molar-refractivity contribution in [1.82, 2.24) is 43.0 Å². The molecule has 22 heteroatoms. The van der Waals surface area contributed by atoms with Crippen molar-refractivity contribution in [2.75, 3.05) is 21.1 Å². The van der Waals surface area contributed by atoms with E-state index in [4.69, 9.17) is 0 Å². The fourth-order valence-corrected chi connectivity index (χ4v) is 21.9. The van der Waals surface area contributed by atoms with Gasteiger partial charge in [0.2, 0.25) is 108 Å². The highest BCUT2D eigenvalue weighted by Crippen LogP contribution is 1.91. The van der Waals surface area contributed by atoms with Crippen LogP contribution in [0.1, 0.15) is 0 Å². The standard InChI is InChI=1S/C3H13N10Si12/c1-8(14)23-10(3)24-13-22-7-21-12(25-13)20-6-19-11-17-4-15-9(2)16-5-18-11/h4-7H,1-3H3. The van der Waals surface area contributed by atoms with E-state index in [0.29, 0.717) is 68.9 Å². The molecule has 0 aromatic heterocycles. The van der Waals surface area contributed by atoms with Crippen LogP contribution in [0, 0.1) is 0 Å². The van der Waals surface area contributed by atoms with Crippen molar-refractivity contribution in [3.63, 3.8) is 0 Å². The van der Waals surface area contributed by atoms with Crippen LogP contribution in [0.2, 0.25) is 0 Å². The van der Waals surface area contributed by atoms with E-state index in [9.17, 15) is 0 Å². The zero-order valence-electron chi connectivity index (χ0n) is 13.7. The summed E-state index contributed by atoms with van der Waals surface area (Å²) in [7, 11) is 17.6. The minimum absolute atomic E-state index is 0.662. The van der Waals surface area contributed by atoms with Crippen LogP contribution in [-0.4, -0.2) is 164 Å². The number of hydrogen-bond donors (Lipinski definition) is 4. The Balaban J connectivity index is 1.61. The van der Waals surface area contributed by atoms with E-state index in [1.54, 1.807) is 0 Å². The van der Waals surface area contributed by atoms with Gasteiger partial charge in [0.25, 0.3) is 0 Å². The lowest BCUT2D eigenvalue weighted by atomic mass is 11.6. The van der Waals surface area contributed by atoms with Crippen LogP contribution in [0.15, 0.2) is 0 Å². The Hall–Kier alpha value is 2.20. The van der Waals surface area contributed by atoms with Gasteiger partial charge in [0.15, 0.2) is 0 Å². The maximum atomic E-state index is 3.65. The summed E-state index contributed by atoms with van der Waals surface area (Å²) < 4.78 is 28.4. The van der Waals surface area contributed by atoms with E-state index in [1.807, 2.05) is 11.3 Å². The molecule has 2 aliphatic heterocycles. The molecule has 10 nitrogen and oxygen atoms in total. The summed E-state index contributed by atoms with van der Waals surface area (Å²) >= 11 is 0. The summed E-state index contributed by atoms with van der Waals surface area (Å²) in [6.07, 6.45) is 0. The highest BCUT2D eigenvalue weighted by atomic mass is 28.4. The third-order valence-electron chi connectivity index (χ3n) is 2.20. The molecule has 0 atom stereocenters. The minimum atomic E-state index is 0.662. The molecule has 25 radical (unpaired) electrons. The van der Waals surface area contributed by atoms with Crippen LogP contribution < -0.4 is 18.6 Å². The first-order valence-electron chi connectivity index (χ1n) is 6.70. The van der Waals surface area contributed by atoms with Gasteiger partial charge in [-0.25, -0.2) is 0 Å². The van der Waals surface area contributed by atoms with Gasteiger partial charge in [0.1, 0.15) is 10.4 Å². The maximum Gasteiger partial charge on any atom is 0.236 e. The van der Waals surface area contributed by atoms with Crippen molar-refractivity contribution in [2.45, 2.75) is 0 Å². The zero-order valence-corrected chi connectivity index (χ0v) is 25.7. The molecule has 4 N–H and O–H groups in total. The topological polar surface area (TPSA) is 67.6 Å². The SMILES string of the molecule is CN([Si])[Si]N(C)[Si]N1[Si]N[Si]N([Si]N[Si]N2[Si]N[Si]N(C)[Si]N[Si]2)[Si]1. The van der Waals surface area contributed by atoms with Gasteiger partial charge in [-0.1, -0.05) is 0 Å². The van der Waals surface area contributed by atoms with Gasteiger partial charge in [0, 0.05) is 0 Å². The lowest BCUT2D eigenvalue weighted by molar-refractivity contribution is 0.702. The Labute approximate surface area is 182 Å². The van der Waals surface area contributed by atoms with Crippen molar-refractivity contribution in [3.05, 3.63) is 0 Å². The largest absolute Gasteiger partial charge is 0.340 e. The third-order valence-corrected chi connectivity index (χ3v) is 16.7. The molecular weight excluding hydrogens is 513 g/mol. The first-order chi connectivity index (χ1) is 12.0. The monoisotopic (exact) mass is 525 g/mol. The molecule has 2 fully saturated rings. The van der Waals surface area contributed by atoms with Gasteiger partial charge in [-0.05, 0) is 21.1 Å². The molecule has 25 heavy (non-hydrogen) atoms. The minimum Gasteiger partial charge on any atom is -0.340 e. The van der Waals surface area contributed by atoms with Crippen molar-refractivity contribution in [3.8, 4) is 0 Å². The van der Waals surface area contributed by atoms with Crippen molar-refractivity contribution in [2.24, 2.45) is 0 Å². The van der Waals surface area contributed by atoms with Gasteiger partial charge in [-0.3, -0.25) is 0 Å². The van der Waals surface area contributed by atoms with E-state index in [0.717, 1.165) is 39.4 Å². The lowest BCUT2D eigenvalue weighted by Crippen LogP contribution is -2.67. The molecular formula is C3H13N10Si12. The van der Waals surface area contributed by atoms with Gasteiger partial charge >= 0.3 is 0 Å². The Morgan fingerprint density at radius 1 is 0.880 bits per heavy atom. The quantitative estimate of drug-likeness (QED) is 0.230. The Bertz CT molecular complexity index is 356. The highest BCUT2D eigenvalue weighted by molar-refractivity contribution is 6.81. The van der Waals surface area contributed by atoms with Crippen LogP contribution in [0.4, 0.5) is 0 Å². The fraction of sp³-hybridized carbons (Fsp3) is 1.00. The number of rotatable bonds is 8. The molecule has 0 spiro atoms. The van der Waals surface area contributed by atoms with E-state index in [-0.39, 0.29) is 0 Å². The fourth-order valence-electron chi connectivity index (χ4n) is 1.36. The van der Waals surface area contributed by atoms with Gasteiger partial charge in [-0.2, -0.15) is 0 Å². The number of hydrogen-bond acceptors (Lipinski definition) is 10. The summed E-state index contributed by atoms with van der Waals surface area (Å²) in [5, 5.41) is 0. The van der Waals surface area contributed by atoms with Crippen molar-refractivity contribution < 1.29 is 0 Å². The second-order valence-corrected chi connectivity index (χ2v) is 24.2. The smallest absolute Gasteiger partial charge is 0.236 e.